The molecule has 18 heavy (non-hydrogen) atoms. The standard InChI is InChI=1S/C12H14N4O2/c1-8(12-13-7-14-16-12)15-11(18)6-9-2-4-10(17)5-3-9/h2-5,7-8,17H,6H2,1H3,(H,15,18)(H,13,14,16). The van der Waals surface area contributed by atoms with Crippen molar-refractivity contribution in [3.8, 4) is 5.75 Å². The molecular weight excluding hydrogens is 232 g/mol. The van der Waals surface area contributed by atoms with Crippen molar-refractivity contribution in [3.05, 3.63) is 42.0 Å². The van der Waals surface area contributed by atoms with Crippen molar-refractivity contribution >= 4 is 5.91 Å². The summed E-state index contributed by atoms with van der Waals surface area (Å²) in [5, 5.41) is 18.4. The number of carbonyl (C=O) groups is 1. The van der Waals surface area contributed by atoms with Crippen LogP contribution in [0.2, 0.25) is 0 Å². The van der Waals surface area contributed by atoms with E-state index in [0.29, 0.717) is 5.82 Å². The zero-order valence-corrected chi connectivity index (χ0v) is 9.92. The van der Waals surface area contributed by atoms with Gasteiger partial charge in [0.1, 0.15) is 17.9 Å². The highest BCUT2D eigenvalue weighted by Gasteiger charge is 2.12. The zero-order valence-electron chi connectivity index (χ0n) is 9.92. The van der Waals surface area contributed by atoms with Crippen LogP contribution in [0.4, 0.5) is 0 Å². The van der Waals surface area contributed by atoms with Crippen LogP contribution in [0.25, 0.3) is 0 Å². The third-order valence-electron chi connectivity index (χ3n) is 2.52. The molecule has 0 aliphatic rings. The van der Waals surface area contributed by atoms with E-state index in [4.69, 9.17) is 5.11 Å². The van der Waals surface area contributed by atoms with E-state index < -0.39 is 0 Å². The van der Waals surface area contributed by atoms with Gasteiger partial charge in [-0.05, 0) is 24.6 Å². The van der Waals surface area contributed by atoms with Gasteiger partial charge in [0, 0.05) is 0 Å². The predicted molar refractivity (Wildman–Crippen MR) is 64.8 cm³/mol. The minimum Gasteiger partial charge on any atom is -0.508 e. The highest BCUT2D eigenvalue weighted by molar-refractivity contribution is 5.78. The van der Waals surface area contributed by atoms with Crippen molar-refractivity contribution in [1.82, 2.24) is 20.5 Å². The lowest BCUT2D eigenvalue weighted by atomic mass is 10.1. The monoisotopic (exact) mass is 246 g/mol. The molecule has 0 aliphatic carbocycles. The van der Waals surface area contributed by atoms with Gasteiger partial charge in [-0.15, -0.1) is 0 Å². The van der Waals surface area contributed by atoms with Gasteiger partial charge in [0.05, 0.1) is 12.5 Å². The molecule has 2 rings (SSSR count). The van der Waals surface area contributed by atoms with Crippen molar-refractivity contribution in [1.29, 1.82) is 0 Å². The highest BCUT2D eigenvalue weighted by Crippen LogP contribution is 2.11. The second-order valence-corrected chi connectivity index (χ2v) is 4.00. The van der Waals surface area contributed by atoms with Gasteiger partial charge in [0.2, 0.25) is 5.91 Å². The molecule has 94 valence electrons. The van der Waals surface area contributed by atoms with Crippen LogP contribution >= 0.6 is 0 Å². The molecule has 1 amide bonds. The molecule has 1 atom stereocenters. The molecule has 0 fully saturated rings. The molecular formula is C12H14N4O2. The first kappa shape index (κ1) is 12.1. The topological polar surface area (TPSA) is 90.9 Å². The van der Waals surface area contributed by atoms with Crippen LogP contribution in [0.1, 0.15) is 24.4 Å². The Kier molecular flexibility index (Phi) is 3.57. The lowest BCUT2D eigenvalue weighted by Crippen LogP contribution is -2.28. The number of carbonyl (C=O) groups excluding carboxylic acids is 1. The van der Waals surface area contributed by atoms with Gasteiger partial charge >= 0.3 is 0 Å². The summed E-state index contributed by atoms with van der Waals surface area (Å²) in [6, 6.07) is 6.34. The maximum absolute atomic E-state index is 11.8. The summed E-state index contributed by atoms with van der Waals surface area (Å²) in [7, 11) is 0. The minimum atomic E-state index is -0.211. The molecule has 1 aromatic heterocycles. The molecule has 0 saturated carbocycles. The fourth-order valence-corrected chi connectivity index (χ4v) is 1.58. The number of hydrogen-bond donors (Lipinski definition) is 3. The summed E-state index contributed by atoms with van der Waals surface area (Å²) >= 11 is 0. The Hall–Kier alpha value is -2.37. The third kappa shape index (κ3) is 3.07. The summed E-state index contributed by atoms with van der Waals surface area (Å²) in [5.41, 5.74) is 0.843. The number of aromatic nitrogens is 3. The Morgan fingerprint density at radius 2 is 2.17 bits per heavy atom. The summed E-state index contributed by atoms with van der Waals surface area (Å²) < 4.78 is 0. The fraction of sp³-hybridized carbons (Fsp3) is 0.250. The van der Waals surface area contributed by atoms with Gasteiger partial charge in [-0.25, -0.2) is 4.98 Å². The molecule has 1 aromatic carbocycles. The molecule has 3 N–H and O–H groups in total. The predicted octanol–water partition coefficient (Wildman–Crippen LogP) is 0.930. The highest BCUT2D eigenvalue weighted by atomic mass is 16.3. The summed E-state index contributed by atoms with van der Waals surface area (Å²) in [6.45, 7) is 1.83. The zero-order chi connectivity index (χ0) is 13.0. The number of amides is 1. The van der Waals surface area contributed by atoms with Crippen molar-refractivity contribution in [3.63, 3.8) is 0 Å². The van der Waals surface area contributed by atoms with Gasteiger partial charge in [0.15, 0.2) is 0 Å². The van der Waals surface area contributed by atoms with E-state index in [9.17, 15) is 4.79 Å². The molecule has 1 heterocycles. The molecule has 6 heteroatoms. The molecule has 2 aromatic rings. The van der Waals surface area contributed by atoms with Crippen LogP contribution in [-0.2, 0) is 11.2 Å². The van der Waals surface area contributed by atoms with E-state index in [2.05, 4.69) is 20.5 Å². The number of nitrogens with zero attached hydrogens (tertiary/aromatic N) is 2. The average Bonchev–Trinajstić information content (AvgIpc) is 2.85. The van der Waals surface area contributed by atoms with E-state index in [1.807, 2.05) is 6.92 Å². The largest absolute Gasteiger partial charge is 0.508 e. The van der Waals surface area contributed by atoms with Crippen molar-refractivity contribution < 1.29 is 9.90 Å². The Morgan fingerprint density at radius 3 is 2.78 bits per heavy atom. The number of aromatic amines is 1. The minimum absolute atomic E-state index is 0.107. The molecule has 0 saturated heterocycles. The van der Waals surface area contributed by atoms with Crippen molar-refractivity contribution in [2.75, 3.05) is 0 Å². The molecule has 0 bridgehead atoms. The summed E-state index contributed by atoms with van der Waals surface area (Å²) in [5.74, 6) is 0.702. The van der Waals surface area contributed by atoms with Crippen molar-refractivity contribution in [2.45, 2.75) is 19.4 Å². The average molecular weight is 246 g/mol. The Balaban J connectivity index is 1.91. The van der Waals surface area contributed by atoms with E-state index in [1.54, 1.807) is 24.3 Å². The first-order chi connectivity index (χ1) is 8.65. The van der Waals surface area contributed by atoms with Gasteiger partial charge in [-0.1, -0.05) is 12.1 Å². The maximum atomic E-state index is 11.8. The van der Waals surface area contributed by atoms with E-state index >= 15 is 0 Å². The first-order valence-corrected chi connectivity index (χ1v) is 5.57. The van der Waals surface area contributed by atoms with Gasteiger partial charge < -0.3 is 10.4 Å². The summed E-state index contributed by atoms with van der Waals surface area (Å²) in [6.07, 6.45) is 1.66. The SMILES string of the molecule is CC(NC(=O)Cc1ccc(O)cc1)c1ncn[nH]1. The fourth-order valence-electron chi connectivity index (χ4n) is 1.58. The van der Waals surface area contributed by atoms with E-state index in [-0.39, 0.29) is 24.1 Å². The number of phenolic OH excluding ortho intramolecular Hbond substituents is 1. The van der Waals surface area contributed by atoms with Crippen molar-refractivity contribution in [2.24, 2.45) is 0 Å². The number of aromatic hydroxyl groups is 1. The normalized spacial score (nSPS) is 12.1. The number of benzene rings is 1. The van der Waals surface area contributed by atoms with Crippen LogP contribution in [0.5, 0.6) is 5.75 Å². The van der Waals surface area contributed by atoms with Gasteiger partial charge in [-0.3, -0.25) is 9.89 Å². The smallest absolute Gasteiger partial charge is 0.224 e. The Morgan fingerprint density at radius 1 is 1.44 bits per heavy atom. The molecule has 1 unspecified atom stereocenters. The number of H-pyrrole nitrogens is 1. The summed E-state index contributed by atoms with van der Waals surface area (Å²) in [4.78, 5) is 15.7. The quantitative estimate of drug-likeness (QED) is 0.748. The first-order valence-electron chi connectivity index (χ1n) is 5.57. The number of hydrogen-bond acceptors (Lipinski definition) is 4. The second kappa shape index (κ2) is 5.31. The number of nitrogens with one attached hydrogen (secondary N) is 2. The maximum Gasteiger partial charge on any atom is 0.224 e. The Labute approximate surface area is 104 Å². The van der Waals surface area contributed by atoms with Gasteiger partial charge in [-0.2, -0.15) is 5.10 Å². The van der Waals surface area contributed by atoms with Crippen LogP contribution in [0, 0.1) is 0 Å². The van der Waals surface area contributed by atoms with Crippen LogP contribution < -0.4 is 5.32 Å². The van der Waals surface area contributed by atoms with E-state index in [1.165, 1.54) is 6.33 Å². The molecule has 6 nitrogen and oxygen atoms in total. The second-order valence-electron chi connectivity index (χ2n) is 4.00. The van der Waals surface area contributed by atoms with Crippen LogP contribution in [0.15, 0.2) is 30.6 Å². The number of rotatable bonds is 4. The van der Waals surface area contributed by atoms with Crippen LogP contribution in [0.3, 0.4) is 0 Å². The van der Waals surface area contributed by atoms with E-state index in [0.717, 1.165) is 5.56 Å². The lowest BCUT2D eigenvalue weighted by molar-refractivity contribution is -0.121. The molecule has 0 radical (unpaired) electrons. The molecule has 0 spiro atoms. The third-order valence-corrected chi connectivity index (χ3v) is 2.52. The molecule has 0 aliphatic heterocycles. The van der Waals surface area contributed by atoms with Crippen LogP contribution in [-0.4, -0.2) is 26.2 Å². The van der Waals surface area contributed by atoms with Gasteiger partial charge in [0.25, 0.3) is 0 Å². The lowest BCUT2D eigenvalue weighted by Gasteiger charge is -2.10. The Bertz CT molecular complexity index is 507. The number of phenols is 1.